The molecule has 0 aliphatic heterocycles. The number of methoxy groups -OCH3 is 1. The van der Waals surface area contributed by atoms with Gasteiger partial charge in [0.05, 0.1) is 11.6 Å². The van der Waals surface area contributed by atoms with Crippen molar-refractivity contribution in [2.45, 2.75) is 20.0 Å². The fourth-order valence-electron chi connectivity index (χ4n) is 1.73. The number of furan rings is 1. The van der Waals surface area contributed by atoms with Gasteiger partial charge in [-0.3, -0.25) is 0 Å². The first-order valence-corrected chi connectivity index (χ1v) is 6.91. The quantitative estimate of drug-likeness (QED) is 0.780. The Morgan fingerprint density at radius 2 is 2.05 bits per heavy atom. The van der Waals surface area contributed by atoms with Gasteiger partial charge in [0.1, 0.15) is 11.5 Å². The summed E-state index contributed by atoms with van der Waals surface area (Å²) in [6.07, 6.45) is -0.313. The van der Waals surface area contributed by atoms with Crippen molar-refractivity contribution in [3.05, 3.63) is 51.9 Å². The Morgan fingerprint density at radius 1 is 1.30 bits per heavy atom. The molecule has 0 bridgehead atoms. The average Bonchev–Trinajstić information content (AvgIpc) is 2.90. The first kappa shape index (κ1) is 14.7. The van der Waals surface area contributed by atoms with Crippen molar-refractivity contribution < 1.29 is 18.7 Å². The fourth-order valence-corrected chi connectivity index (χ4v) is 2.32. The molecule has 0 saturated carbocycles. The van der Waals surface area contributed by atoms with Gasteiger partial charge in [0.15, 0.2) is 6.10 Å². The molecule has 1 aromatic carbocycles. The highest BCUT2D eigenvalue weighted by atomic mass is 79.9. The van der Waals surface area contributed by atoms with Crippen molar-refractivity contribution >= 4 is 21.9 Å². The zero-order chi connectivity index (χ0) is 14.7. The van der Waals surface area contributed by atoms with Gasteiger partial charge in [-0.15, -0.1) is 0 Å². The summed E-state index contributed by atoms with van der Waals surface area (Å²) in [6.45, 7) is 3.86. The van der Waals surface area contributed by atoms with Crippen LogP contribution in [0.15, 0.2) is 39.2 Å². The van der Waals surface area contributed by atoms with Crippen LogP contribution in [-0.4, -0.2) is 13.1 Å². The molecule has 1 aromatic heterocycles. The predicted molar refractivity (Wildman–Crippen MR) is 78.0 cm³/mol. The molecule has 5 heteroatoms. The average molecular weight is 339 g/mol. The van der Waals surface area contributed by atoms with Gasteiger partial charge in [-0.1, -0.05) is 6.07 Å². The summed E-state index contributed by atoms with van der Waals surface area (Å²) in [5.41, 5.74) is 1.14. The lowest BCUT2D eigenvalue weighted by Crippen LogP contribution is -2.03. The van der Waals surface area contributed by atoms with Gasteiger partial charge in [0.25, 0.3) is 0 Å². The third-order valence-electron chi connectivity index (χ3n) is 2.81. The highest BCUT2D eigenvalue weighted by Crippen LogP contribution is 2.30. The summed E-state index contributed by atoms with van der Waals surface area (Å²) in [6, 6.07) is 9.11. The van der Waals surface area contributed by atoms with Crippen molar-refractivity contribution in [3.8, 4) is 5.75 Å². The van der Waals surface area contributed by atoms with Crippen molar-refractivity contribution in [1.82, 2.24) is 0 Å². The van der Waals surface area contributed by atoms with Gasteiger partial charge in [0, 0.05) is 0 Å². The summed E-state index contributed by atoms with van der Waals surface area (Å²) < 4.78 is 16.7. The summed E-state index contributed by atoms with van der Waals surface area (Å²) in [5, 5.41) is 0. The maximum atomic E-state index is 11.3. The summed E-state index contributed by atoms with van der Waals surface area (Å²) in [7, 11) is 1.31. The van der Waals surface area contributed by atoms with E-state index in [-0.39, 0.29) is 11.9 Å². The molecule has 0 spiro atoms. The van der Waals surface area contributed by atoms with Crippen LogP contribution in [0.4, 0.5) is 0 Å². The Bertz CT molecular complexity index is 618. The minimum absolute atomic E-state index is 0.168. The predicted octanol–water partition coefficient (Wildman–Crippen LogP) is 4.28. The summed E-state index contributed by atoms with van der Waals surface area (Å²) >= 11 is 3.46. The Morgan fingerprint density at radius 3 is 2.70 bits per heavy atom. The molecule has 2 aromatic rings. The molecule has 1 atom stereocenters. The van der Waals surface area contributed by atoms with Crippen molar-refractivity contribution in [2.24, 2.45) is 0 Å². The van der Waals surface area contributed by atoms with Crippen LogP contribution in [0.2, 0.25) is 0 Å². The summed E-state index contributed by atoms with van der Waals surface area (Å²) in [4.78, 5) is 11.3. The van der Waals surface area contributed by atoms with Crippen LogP contribution in [0.25, 0.3) is 0 Å². The second kappa shape index (κ2) is 6.13. The van der Waals surface area contributed by atoms with Gasteiger partial charge in [-0.05, 0) is 59.6 Å². The lowest BCUT2D eigenvalue weighted by atomic mass is 10.2. The molecule has 1 unspecified atom stereocenters. The Labute approximate surface area is 125 Å². The Balaban J connectivity index is 2.13. The molecule has 106 valence electrons. The SMILES string of the molecule is COC(=O)c1ccc(C(C)Oc2ccc(C)cc2Br)o1. The van der Waals surface area contributed by atoms with E-state index in [1.807, 2.05) is 32.0 Å². The van der Waals surface area contributed by atoms with E-state index >= 15 is 0 Å². The number of carbonyl (C=O) groups is 1. The minimum Gasteiger partial charge on any atom is -0.482 e. The van der Waals surface area contributed by atoms with Crippen LogP contribution < -0.4 is 4.74 Å². The molecule has 0 saturated heterocycles. The third-order valence-corrected chi connectivity index (χ3v) is 3.42. The monoisotopic (exact) mass is 338 g/mol. The Kier molecular flexibility index (Phi) is 4.49. The van der Waals surface area contributed by atoms with Crippen LogP contribution in [0, 0.1) is 6.92 Å². The second-order valence-corrected chi connectivity index (χ2v) is 5.24. The van der Waals surface area contributed by atoms with Gasteiger partial charge < -0.3 is 13.9 Å². The Hall–Kier alpha value is -1.75. The molecular weight excluding hydrogens is 324 g/mol. The second-order valence-electron chi connectivity index (χ2n) is 4.39. The zero-order valence-electron chi connectivity index (χ0n) is 11.5. The molecule has 20 heavy (non-hydrogen) atoms. The van der Waals surface area contributed by atoms with Crippen LogP contribution in [-0.2, 0) is 4.74 Å². The molecule has 4 nitrogen and oxygen atoms in total. The van der Waals surface area contributed by atoms with Crippen molar-refractivity contribution in [1.29, 1.82) is 0 Å². The number of aryl methyl sites for hydroxylation is 1. The first-order valence-electron chi connectivity index (χ1n) is 6.12. The van der Waals surface area contributed by atoms with E-state index in [4.69, 9.17) is 9.15 Å². The van der Waals surface area contributed by atoms with Gasteiger partial charge in [-0.2, -0.15) is 0 Å². The lowest BCUT2D eigenvalue weighted by molar-refractivity contribution is 0.0558. The normalized spacial score (nSPS) is 12.0. The lowest BCUT2D eigenvalue weighted by Gasteiger charge is -2.14. The highest BCUT2D eigenvalue weighted by Gasteiger charge is 2.17. The van der Waals surface area contributed by atoms with Crippen molar-refractivity contribution in [2.75, 3.05) is 7.11 Å². The molecule has 0 aliphatic carbocycles. The molecule has 0 aliphatic rings. The van der Waals surface area contributed by atoms with Gasteiger partial charge in [0.2, 0.25) is 5.76 Å². The first-order chi connectivity index (χ1) is 9.51. The minimum atomic E-state index is -0.500. The maximum Gasteiger partial charge on any atom is 0.373 e. The number of hydrogen-bond donors (Lipinski definition) is 0. The molecule has 0 N–H and O–H groups in total. The largest absolute Gasteiger partial charge is 0.482 e. The molecule has 0 radical (unpaired) electrons. The van der Waals surface area contributed by atoms with E-state index in [1.54, 1.807) is 12.1 Å². The number of ether oxygens (including phenoxy) is 2. The number of hydrogen-bond acceptors (Lipinski definition) is 4. The molecular formula is C15H15BrO4. The van der Waals surface area contributed by atoms with E-state index in [2.05, 4.69) is 20.7 Å². The number of benzene rings is 1. The molecule has 2 rings (SSSR count). The van der Waals surface area contributed by atoms with Crippen LogP contribution in [0.5, 0.6) is 5.75 Å². The van der Waals surface area contributed by atoms with Crippen LogP contribution >= 0.6 is 15.9 Å². The number of carbonyl (C=O) groups excluding carboxylic acids is 1. The molecule has 0 amide bonds. The number of rotatable bonds is 4. The topological polar surface area (TPSA) is 48.7 Å². The van der Waals surface area contributed by atoms with E-state index in [1.165, 1.54) is 7.11 Å². The number of esters is 1. The zero-order valence-corrected chi connectivity index (χ0v) is 13.1. The van der Waals surface area contributed by atoms with E-state index in [9.17, 15) is 4.79 Å². The number of halogens is 1. The third kappa shape index (κ3) is 3.22. The smallest absolute Gasteiger partial charge is 0.373 e. The maximum absolute atomic E-state index is 11.3. The van der Waals surface area contributed by atoms with E-state index in [0.717, 1.165) is 15.8 Å². The van der Waals surface area contributed by atoms with E-state index < -0.39 is 5.97 Å². The standard InChI is InChI=1S/C15H15BrO4/c1-9-4-5-13(11(16)8-9)19-10(2)12-6-7-14(20-12)15(17)18-3/h4-8,10H,1-3H3. The fraction of sp³-hybridized carbons (Fsp3) is 0.267. The van der Waals surface area contributed by atoms with Crippen molar-refractivity contribution in [3.63, 3.8) is 0 Å². The molecule has 0 fully saturated rings. The molecule has 1 heterocycles. The van der Waals surface area contributed by atoms with Gasteiger partial charge >= 0.3 is 5.97 Å². The highest BCUT2D eigenvalue weighted by molar-refractivity contribution is 9.10. The van der Waals surface area contributed by atoms with Gasteiger partial charge in [-0.25, -0.2) is 4.79 Å². The van der Waals surface area contributed by atoms with Crippen LogP contribution in [0.1, 0.15) is 34.9 Å². The van der Waals surface area contributed by atoms with E-state index in [0.29, 0.717) is 5.76 Å². The van der Waals surface area contributed by atoms with Crippen LogP contribution in [0.3, 0.4) is 0 Å². The summed E-state index contributed by atoms with van der Waals surface area (Å²) in [5.74, 6) is 0.956.